The zero-order chi connectivity index (χ0) is 20.6. The van der Waals surface area contributed by atoms with Crippen LogP contribution >= 0.6 is 0 Å². The normalized spacial score (nSPS) is 22.6. The minimum atomic E-state index is -3.45. The fourth-order valence-electron chi connectivity index (χ4n) is 5.05. The highest BCUT2D eigenvalue weighted by molar-refractivity contribution is 7.89. The molecule has 1 saturated carbocycles. The van der Waals surface area contributed by atoms with Gasteiger partial charge in [0.1, 0.15) is 0 Å². The first kappa shape index (κ1) is 20.7. The third-order valence-corrected chi connectivity index (χ3v) is 8.53. The molecule has 1 aromatic rings. The van der Waals surface area contributed by atoms with Gasteiger partial charge in [-0.3, -0.25) is 4.79 Å². The molecule has 7 heteroatoms. The molecule has 4 rings (SSSR count). The van der Waals surface area contributed by atoms with E-state index in [1.807, 2.05) is 12.1 Å². The molecule has 0 radical (unpaired) electrons. The zero-order valence-corrected chi connectivity index (χ0v) is 18.4. The van der Waals surface area contributed by atoms with Crippen LogP contribution in [0.15, 0.2) is 23.1 Å². The van der Waals surface area contributed by atoms with Crippen molar-refractivity contribution in [2.75, 3.05) is 31.1 Å². The van der Waals surface area contributed by atoms with Gasteiger partial charge in [-0.25, -0.2) is 8.42 Å². The van der Waals surface area contributed by atoms with Crippen LogP contribution in [0.4, 0.5) is 5.69 Å². The molecule has 3 aliphatic rings. The maximum absolute atomic E-state index is 13.1. The predicted molar refractivity (Wildman–Crippen MR) is 115 cm³/mol. The summed E-state index contributed by atoms with van der Waals surface area (Å²) in [5.41, 5.74) is 1.80. The van der Waals surface area contributed by atoms with Gasteiger partial charge in [-0.15, -0.1) is 0 Å². The van der Waals surface area contributed by atoms with Gasteiger partial charge >= 0.3 is 0 Å². The molecule has 0 spiro atoms. The first-order chi connectivity index (χ1) is 13.8. The Morgan fingerprint density at radius 3 is 2.48 bits per heavy atom. The Balaban J connectivity index is 1.54. The fourth-order valence-corrected chi connectivity index (χ4v) is 6.60. The molecule has 2 fully saturated rings. The maximum atomic E-state index is 13.1. The van der Waals surface area contributed by atoms with Crippen LogP contribution in [0, 0.1) is 0 Å². The van der Waals surface area contributed by atoms with Crippen molar-refractivity contribution in [2.45, 2.75) is 75.1 Å². The molecule has 0 bridgehead atoms. The summed E-state index contributed by atoms with van der Waals surface area (Å²) in [4.78, 5) is 15.0. The van der Waals surface area contributed by atoms with Crippen molar-refractivity contribution in [1.82, 2.24) is 9.62 Å². The zero-order valence-electron chi connectivity index (χ0n) is 17.6. The molecule has 1 N–H and O–H groups in total. The number of hydrogen-bond donors (Lipinski definition) is 1. The SMILES string of the molecule is CC1(C)CN(CC(=O)NC2CCCC2)c2ccc(S(=O)(=O)N3CCCCC3)cc21. The Hall–Kier alpha value is -1.60. The summed E-state index contributed by atoms with van der Waals surface area (Å²) < 4.78 is 27.8. The third kappa shape index (κ3) is 4.17. The highest BCUT2D eigenvalue weighted by Crippen LogP contribution is 2.41. The van der Waals surface area contributed by atoms with Crippen molar-refractivity contribution in [2.24, 2.45) is 0 Å². The molecule has 1 saturated heterocycles. The maximum Gasteiger partial charge on any atom is 0.243 e. The minimum absolute atomic E-state index is 0.0607. The van der Waals surface area contributed by atoms with Gasteiger partial charge in [0.25, 0.3) is 0 Å². The van der Waals surface area contributed by atoms with E-state index in [0.717, 1.165) is 43.4 Å². The number of carbonyl (C=O) groups is 1. The topological polar surface area (TPSA) is 69.7 Å². The number of hydrogen-bond acceptors (Lipinski definition) is 4. The summed E-state index contributed by atoms with van der Waals surface area (Å²) >= 11 is 0. The van der Waals surface area contributed by atoms with Gasteiger partial charge in [0, 0.05) is 36.8 Å². The van der Waals surface area contributed by atoms with Crippen LogP contribution in [0.2, 0.25) is 0 Å². The molecule has 2 heterocycles. The Morgan fingerprint density at radius 1 is 1.10 bits per heavy atom. The monoisotopic (exact) mass is 419 g/mol. The Morgan fingerprint density at radius 2 is 1.79 bits per heavy atom. The second kappa shape index (κ2) is 7.91. The first-order valence-electron chi connectivity index (χ1n) is 11.0. The molecular weight excluding hydrogens is 386 g/mol. The average Bonchev–Trinajstić information content (AvgIpc) is 3.28. The van der Waals surface area contributed by atoms with Crippen LogP contribution in [-0.2, 0) is 20.2 Å². The summed E-state index contributed by atoms with van der Waals surface area (Å²) in [6.45, 7) is 6.50. The van der Waals surface area contributed by atoms with Gasteiger partial charge in [-0.1, -0.05) is 33.1 Å². The number of nitrogens with one attached hydrogen (secondary N) is 1. The molecule has 160 valence electrons. The largest absolute Gasteiger partial charge is 0.361 e. The van der Waals surface area contributed by atoms with E-state index in [0.29, 0.717) is 37.1 Å². The van der Waals surface area contributed by atoms with E-state index in [2.05, 4.69) is 24.1 Å². The quantitative estimate of drug-likeness (QED) is 0.797. The van der Waals surface area contributed by atoms with Crippen molar-refractivity contribution in [3.05, 3.63) is 23.8 Å². The standard InChI is InChI=1S/C22H33N3O3S/c1-22(2)16-24(15-21(26)23-17-8-4-5-9-17)20-11-10-18(14-19(20)22)29(27,28)25-12-6-3-7-13-25/h10-11,14,17H,3-9,12-13,15-16H2,1-2H3,(H,23,26). The number of piperidine rings is 1. The Labute approximate surface area is 174 Å². The Kier molecular flexibility index (Phi) is 5.64. The number of fused-ring (bicyclic) bond motifs is 1. The van der Waals surface area contributed by atoms with Gasteiger partial charge in [0.15, 0.2) is 0 Å². The number of amides is 1. The fraction of sp³-hybridized carbons (Fsp3) is 0.682. The lowest BCUT2D eigenvalue weighted by Crippen LogP contribution is -2.42. The summed E-state index contributed by atoms with van der Waals surface area (Å²) in [5, 5.41) is 3.16. The van der Waals surface area contributed by atoms with E-state index < -0.39 is 10.0 Å². The molecule has 1 aliphatic carbocycles. The minimum Gasteiger partial charge on any atom is -0.361 e. The van der Waals surface area contributed by atoms with Crippen molar-refractivity contribution in [3.8, 4) is 0 Å². The third-order valence-electron chi connectivity index (χ3n) is 6.63. The number of anilines is 1. The molecule has 29 heavy (non-hydrogen) atoms. The number of rotatable bonds is 5. The van der Waals surface area contributed by atoms with Crippen molar-refractivity contribution < 1.29 is 13.2 Å². The summed E-state index contributed by atoms with van der Waals surface area (Å²) in [6, 6.07) is 5.76. The molecule has 0 unspecified atom stereocenters. The van der Waals surface area contributed by atoms with E-state index in [4.69, 9.17) is 0 Å². The number of benzene rings is 1. The lowest BCUT2D eigenvalue weighted by atomic mass is 9.87. The molecular formula is C22H33N3O3S. The van der Waals surface area contributed by atoms with E-state index in [9.17, 15) is 13.2 Å². The summed E-state index contributed by atoms with van der Waals surface area (Å²) in [6.07, 6.45) is 7.49. The molecule has 1 amide bonds. The van der Waals surface area contributed by atoms with Crippen LogP contribution in [0.25, 0.3) is 0 Å². The van der Waals surface area contributed by atoms with Gasteiger partial charge < -0.3 is 10.2 Å². The number of sulfonamides is 1. The van der Waals surface area contributed by atoms with Crippen LogP contribution in [0.1, 0.15) is 64.4 Å². The number of carbonyl (C=O) groups excluding carboxylic acids is 1. The average molecular weight is 420 g/mol. The molecule has 1 aromatic carbocycles. The van der Waals surface area contributed by atoms with Gasteiger partial charge in [-0.05, 0) is 49.4 Å². The second-order valence-electron chi connectivity index (χ2n) is 9.43. The summed E-state index contributed by atoms with van der Waals surface area (Å²) in [7, 11) is -3.45. The van der Waals surface area contributed by atoms with Crippen LogP contribution < -0.4 is 10.2 Å². The van der Waals surface area contributed by atoms with E-state index in [-0.39, 0.29) is 11.3 Å². The van der Waals surface area contributed by atoms with E-state index in [1.54, 1.807) is 10.4 Å². The number of nitrogens with zero attached hydrogens (tertiary/aromatic N) is 2. The molecule has 6 nitrogen and oxygen atoms in total. The highest BCUT2D eigenvalue weighted by atomic mass is 32.2. The molecule has 0 atom stereocenters. The first-order valence-corrected chi connectivity index (χ1v) is 12.4. The van der Waals surface area contributed by atoms with Gasteiger partial charge in [-0.2, -0.15) is 4.31 Å². The van der Waals surface area contributed by atoms with Crippen LogP contribution in [0.3, 0.4) is 0 Å². The highest BCUT2D eigenvalue weighted by Gasteiger charge is 2.38. The van der Waals surface area contributed by atoms with E-state index >= 15 is 0 Å². The van der Waals surface area contributed by atoms with Crippen LogP contribution in [-0.4, -0.2) is 50.9 Å². The van der Waals surface area contributed by atoms with Gasteiger partial charge in [0.2, 0.25) is 15.9 Å². The van der Waals surface area contributed by atoms with E-state index in [1.165, 1.54) is 12.8 Å². The molecule has 2 aliphatic heterocycles. The summed E-state index contributed by atoms with van der Waals surface area (Å²) in [5.74, 6) is 0.0607. The van der Waals surface area contributed by atoms with Gasteiger partial charge in [0.05, 0.1) is 11.4 Å². The lowest BCUT2D eigenvalue weighted by Gasteiger charge is -2.26. The lowest BCUT2D eigenvalue weighted by molar-refractivity contribution is -0.120. The second-order valence-corrected chi connectivity index (χ2v) is 11.4. The predicted octanol–water partition coefficient (Wildman–Crippen LogP) is 3.02. The van der Waals surface area contributed by atoms with Crippen molar-refractivity contribution >= 4 is 21.6 Å². The van der Waals surface area contributed by atoms with Crippen molar-refractivity contribution in [3.63, 3.8) is 0 Å². The van der Waals surface area contributed by atoms with Crippen LogP contribution in [0.5, 0.6) is 0 Å². The van der Waals surface area contributed by atoms with Crippen molar-refractivity contribution in [1.29, 1.82) is 0 Å². The Bertz CT molecular complexity index is 869. The smallest absolute Gasteiger partial charge is 0.243 e. The molecule has 0 aromatic heterocycles.